The van der Waals surface area contributed by atoms with E-state index in [0.717, 1.165) is 22.5 Å². The Labute approximate surface area is 168 Å². The first kappa shape index (κ1) is 17.6. The fourth-order valence-corrected chi connectivity index (χ4v) is 4.19. The number of rotatable bonds is 4. The van der Waals surface area contributed by atoms with Gasteiger partial charge in [-0.25, -0.2) is 13.9 Å². The molecule has 5 rings (SSSR count). The van der Waals surface area contributed by atoms with Gasteiger partial charge in [-0.1, -0.05) is 48.5 Å². The van der Waals surface area contributed by atoms with Crippen molar-refractivity contribution in [2.75, 3.05) is 11.4 Å². The van der Waals surface area contributed by atoms with Gasteiger partial charge < -0.3 is 4.90 Å². The predicted octanol–water partition coefficient (Wildman–Crippen LogP) is 4.16. The maximum absolute atomic E-state index is 14.4. The minimum Gasteiger partial charge on any atom is -0.311 e. The summed E-state index contributed by atoms with van der Waals surface area (Å²) in [4.78, 5) is 18.1. The SMILES string of the molecule is O=C1CC(c2[nH]c3ccccc3[n+]2Cc2ccccc2F)CN1c1ccccc1. The number of hydrogen-bond acceptors (Lipinski definition) is 1. The van der Waals surface area contributed by atoms with Crippen LogP contribution < -0.4 is 9.47 Å². The van der Waals surface area contributed by atoms with Gasteiger partial charge in [0.2, 0.25) is 5.91 Å². The molecule has 1 saturated heterocycles. The second kappa shape index (κ2) is 7.17. The summed E-state index contributed by atoms with van der Waals surface area (Å²) >= 11 is 0. The molecule has 1 atom stereocenters. The molecule has 1 aliphatic rings. The Hall–Kier alpha value is -3.47. The van der Waals surface area contributed by atoms with Gasteiger partial charge in [-0.3, -0.25) is 4.79 Å². The Balaban J connectivity index is 1.55. The zero-order chi connectivity index (χ0) is 19.8. The summed E-state index contributed by atoms with van der Waals surface area (Å²) in [7, 11) is 0. The molecule has 3 aromatic carbocycles. The molecule has 4 aromatic rings. The molecule has 1 fully saturated rings. The van der Waals surface area contributed by atoms with Crippen molar-refractivity contribution in [2.45, 2.75) is 18.9 Å². The molecule has 2 heterocycles. The fraction of sp³-hybridized carbons (Fsp3) is 0.167. The van der Waals surface area contributed by atoms with Crippen molar-refractivity contribution in [1.82, 2.24) is 4.98 Å². The molecule has 1 aliphatic heterocycles. The van der Waals surface area contributed by atoms with Crippen LogP contribution in [-0.2, 0) is 11.3 Å². The molecule has 0 saturated carbocycles. The van der Waals surface area contributed by atoms with Crippen molar-refractivity contribution < 1.29 is 13.8 Å². The number of anilines is 1. The van der Waals surface area contributed by atoms with Crippen LogP contribution in [0.2, 0.25) is 0 Å². The first-order valence-corrected chi connectivity index (χ1v) is 9.80. The van der Waals surface area contributed by atoms with Gasteiger partial charge in [0.1, 0.15) is 12.4 Å². The van der Waals surface area contributed by atoms with Gasteiger partial charge in [0.05, 0.1) is 5.92 Å². The number of hydrogen-bond donors (Lipinski definition) is 1. The van der Waals surface area contributed by atoms with E-state index in [0.29, 0.717) is 25.1 Å². The van der Waals surface area contributed by atoms with E-state index in [1.807, 2.05) is 71.6 Å². The van der Waals surface area contributed by atoms with Gasteiger partial charge in [0, 0.05) is 24.2 Å². The minimum absolute atomic E-state index is 0.0156. The number of H-pyrrole nitrogens is 1. The van der Waals surface area contributed by atoms with Crippen LogP contribution in [0.3, 0.4) is 0 Å². The fourth-order valence-electron chi connectivity index (χ4n) is 4.19. The lowest BCUT2D eigenvalue weighted by Gasteiger charge is -2.15. The van der Waals surface area contributed by atoms with Crippen LogP contribution in [0.25, 0.3) is 11.0 Å². The maximum Gasteiger partial charge on any atom is 0.260 e. The summed E-state index contributed by atoms with van der Waals surface area (Å²) in [5, 5.41) is 0. The third-order valence-electron chi connectivity index (χ3n) is 5.61. The average molecular weight is 386 g/mol. The zero-order valence-electron chi connectivity index (χ0n) is 15.9. The Kier molecular flexibility index (Phi) is 4.35. The average Bonchev–Trinajstić information content (AvgIpc) is 3.31. The number of fused-ring (bicyclic) bond motifs is 1. The molecule has 0 bridgehead atoms. The van der Waals surface area contributed by atoms with Crippen molar-refractivity contribution in [2.24, 2.45) is 0 Å². The number of aromatic amines is 1. The summed E-state index contributed by atoms with van der Waals surface area (Å²) < 4.78 is 16.5. The Morgan fingerprint density at radius 2 is 1.69 bits per heavy atom. The summed E-state index contributed by atoms with van der Waals surface area (Å²) in [6.45, 7) is 1.02. The Morgan fingerprint density at radius 1 is 0.966 bits per heavy atom. The number of aromatic nitrogens is 2. The second-order valence-electron chi connectivity index (χ2n) is 7.45. The van der Waals surface area contributed by atoms with Crippen LogP contribution in [0.15, 0.2) is 78.9 Å². The van der Waals surface area contributed by atoms with E-state index < -0.39 is 0 Å². The van der Waals surface area contributed by atoms with E-state index in [4.69, 9.17) is 0 Å². The smallest absolute Gasteiger partial charge is 0.260 e. The van der Waals surface area contributed by atoms with Gasteiger partial charge in [-0.2, -0.15) is 0 Å². The molecule has 1 amide bonds. The van der Waals surface area contributed by atoms with Gasteiger partial charge in [-0.15, -0.1) is 0 Å². The van der Waals surface area contributed by atoms with Gasteiger partial charge in [0.25, 0.3) is 5.82 Å². The third kappa shape index (κ3) is 3.18. The van der Waals surface area contributed by atoms with Crippen LogP contribution in [0, 0.1) is 5.82 Å². The summed E-state index contributed by atoms with van der Waals surface area (Å²) in [6.07, 6.45) is 0.430. The molecule has 0 aliphatic carbocycles. The van der Waals surface area contributed by atoms with Crippen LogP contribution in [0.5, 0.6) is 0 Å². The number of nitrogens with one attached hydrogen (secondary N) is 1. The molecule has 0 radical (unpaired) electrons. The number of halogens is 1. The lowest BCUT2D eigenvalue weighted by Crippen LogP contribution is -2.39. The van der Waals surface area contributed by atoms with Gasteiger partial charge >= 0.3 is 0 Å². The van der Waals surface area contributed by atoms with Crippen molar-refractivity contribution >= 4 is 22.6 Å². The van der Waals surface area contributed by atoms with Crippen LogP contribution in [0.1, 0.15) is 23.7 Å². The highest BCUT2D eigenvalue weighted by Gasteiger charge is 2.38. The molecule has 4 nitrogen and oxygen atoms in total. The lowest BCUT2D eigenvalue weighted by molar-refractivity contribution is -0.671. The molecular weight excluding hydrogens is 365 g/mol. The van der Waals surface area contributed by atoms with Crippen LogP contribution >= 0.6 is 0 Å². The number of nitrogens with zero attached hydrogens (tertiary/aromatic N) is 2. The summed E-state index contributed by atoms with van der Waals surface area (Å²) in [6, 6.07) is 24.6. The van der Waals surface area contributed by atoms with Gasteiger partial charge in [0.15, 0.2) is 11.0 Å². The van der Waals surface area contributed by atoms with Crippen molar-refractivity contribution in [1.29, 1.82) is 0 Å². The molecular formula is C24H21FN3O+. The normalized spacial score (nSPS) is 16.7. The van der Waals surface area contributed by atoms with Gasteiger partial charge in [-0.05, 0) is 30.3 Å². The van der Waals surface area contributed by atoms with E-state index >= 15 is 0 Å². The molecule has 144 valence electrons. The monoisotopic (exact) mass is 386 g/mol. The van der Waals surface area contributed by atoms with Crippen molar-refractivity contribution in [3.8, 4) is 0 Å². The number of carbonyl (C=O) groups excluding carboxylic acids is 1. The Bertz CT molecular complexity index is 1190. The third-order valence-corrected chi connectivity index (χ3v) is 5.61. The quantitative estimate of drug-likeness (QED) is 0.526. The number of para-hydroxylation sites is 3. The largest absolute Gasteiger partial charge is 0.311 e. The molecule has 1 N–H and O–H groups in total. The van der Waals surface area contributed by atoms with E-state index in [1.54, 1.807) is 6.07 Å². The molecule has 0 spiro atoms. The first-order chi connectivity index (χ1) is 14.2. The topological polar surface area (TPSA) is 40.0 Å². The van der Waals surface area contributed by atoms with E-state index in [-0.39, 0.29) is 17.6 Å². The highest BCUT2D eigenvalue weighted by atomic mass is 19.1. The lowest BCUT2D eigenvalue weighted by atomic mass is 10.1. The number of imidazole rings is 1. The second-order valence-corrected chi connectivity index (χ2v) is 7.45. The zero-order valence-corrected chi connectivity index (χ0v) is 15.9. The van der Waals surface area contributed by atoms with Crippen molar-refractivity contribution in [3.63, 3.8) is 0 Å². The van der Waals surface area contributed by atoms with E-state index in [2.05, 4.69) is 9.55 Å². The van der Waals surface area contributed by atoms with Crippen LogP contribution in [0.4, 0.5) is 10.1 Å². The highest BCUT2D eigenvalue weighted by molar-refractivity contribution is 5.96. The number of benzene rings is 3. The maximum atomic E-state index is 14.4. The molecule has 5 heteroatoms. The number of amides is 1. The summed E-state index contributed by atoms with van der Waals surface area (Å²) in [5.41, 5.74) is 3.55. The molecule has 1 aromatic heterocycles. The predicted molar refractivity (Wildman–Crippen MR) is 110 cm³/mol. The molecule has 1 unspecified atom stereocenters. The number of carbonyl (C=O) groups is 1. The Morgan fingerprint density at radius 3 is 2.52 bits per heavy atom. The van der Waals surface area contributed by atoms with E-state index in [9.17, 15) is 9.18 Å². The minimum atomic E-state index is -0.218. The molecule has 29 heavy (non-hydrogen) atoms. The first-order valence-electron chi connectivity index (χ1n) is 9.80. The highest BCUT2D eigenvalue weighted by Crippen LogP contribution is 2.31. The van der Waals surface area contributed by atoms with Crippen molar-refractivity contribution in [3.05, 3.63) is 96.1 Å². The summed E-state index contributed by atoms with van der Waals surface area (Å²) in [5.74, 6) is 0.866. The standard InChI is InChI=1S/C24H20FN3O/c25-20-11-5-4-8-17(20)15-28-22-13-7-6-12-21(22)26-24(28)18-14-23(29)27(16-18)19-9-2-1-3-10-19/h1-13,18H,14-16H2/p+1. The van der Waals surface area contributed by atoms with E-state index in [1.165, 1.54) is 6.07 Å². The van der Waals surface area contributed by atoms with Crippen LogP contribution in [-0.4, -0.2) is 17.4 Å².